The van der Waals surface area contributed by atoms with Crippen LogP contribution < -0.4 is 4.74 Å². The summed E-state index contributed by atoms with van der Waals surface area (Å²) < 4.78 is 10.5. The fourth-order valence-corrected chi connectivity index (χ4v) is 1.77. The van der Waals surface area contributed by atoms with E-state index in [4.69, 9.17) is 9.47 Å². The van der Waals surface area contributed by atoms with Crippen LogP contribution in [0.4, 0.5) is 0 Å². The zero-order valence-electron chi connectivity index (χ0n) is 11.5. The van der Waals surface area contributed by atoms with E-state index in [9.17, 15) is 5.11 Å². The lowest BCUT2D eigenvalue weighted by atomic mass is 10.2. The molecule has 18 heavy (non-hydrogen) atoms. The predicted molar refractivity (Wildman–Crippen MR) is 72.1 cm³/mol. The van der Waals surface area contributed by atoms with Crippen molar-refractivity contribution < 1.29 is 14.6 Å². The van der Waals surface area contributed by atoms with Crippen molar-refractivity contribution in [2.75, 3.05) is 33.4 Å². The summed E-state index contributed by atoms with van der Waals surface area (Å²) >= 11 is 0. The molecule has 0 aromatic heterocycles. The highest BCUT2D eigenvalue weighted by molar-refractivity contribution is 5.41. The standard InChI is InChI=1S/C14H23NO3/c1-4-15(8-9-18-5-2)11-12-6-7-13(16)14(10-12)17-3/h6-7,10,16H,4-5,8-9,11H2,1-3H3. The van der Waals surface area contributed by atoms with Crippen LogP contribution in [-0.4, -0.2) is 43.4 Å². The first-order valence-corrected chi connectivity index (χ1v) is 6.37. The highest BCUT2D eigenvalue weighted by atomic mass is 16.5. The van der Waals surface area contributed by atoms with Crippen LogP contribution in [0.3, 0.4) is 0 Å². The first kappa shape index (κ1) is 14.8. The second kappa shape index (κ2) is 7.95. The van der Waals surface area contributed by atoms with Gasteiger partial charge in [-0.15, -0.1) is 0 Å². The van der Waals surface area contributed by atoms with Crippen LogP contribution in [0.25, 0.3) is 0 Å². The average Bonchev–Trinajstić information content (AvgIpc) is 2.39. The molecule has 0 aliphatic heterocycles. The normalized spacial score (nSPS) is 10.9. The molecule has 1 aromatic rings. The van der Waals surface area contributed by atoms with E-state index >= 15 is 0 Å². The molecule has 1 aromatic carbocycles. The van der Waals surface area contributed by atoms with Gasteiger partial charge in [0.05, 0.1) is 13.7 Å². The van der Waals surface area contributed by atoms with Crippen LogP contribution in [-0.2, 0) is 11.3 Å². The quantitative estimate of drug-likeness (QED) is 0.722. The lowest BCUT2D eigenvalue weighted by Crippen LogP contribution is -2.27. The number of hydrogen-bond donors (Lipinski definition) is 1. The van der Waals surface area contributed by atoms with Crippen LogP contribution in [0.5, 0.6) is 11.5 Å². The number of hydrogen-bond acceptors (Lipinski definition) is 4. The second-order valence-electron chi connectivity index (χ2n) is 4.07. The zero-order chi connectivity index (χ0) is 13.4. The molecule has 4 nitrogen and oxygen atoms in total. The fraction of sp³-hybridized carbons (Fsp3) is 0.571. The minimum absolute atomic E-state index is 0.179. The molecule has 0 radical (unpaired) electrons. The first-order valence-electron chi connectivity index (χ1n) is 6.37. The van der Waals surface area contributed by atoms with Crippen LogP contribution in [0, 0.1) is 0 Å². The topological polar surface area (TPSA) is 41.9 Å². The minimum atomic E-state index is 0.179. The largest absolute Gasteiger partial charge is 0.504 e. The van der Waals surface area contributed by atoms with E-state index in [0.717, 1.165) is 38.4 Å². The van der Waals surface area contributed by atoms with Gasteiger partial charge in [-0.2, -0.15) is 0 Å². The van der Waals surface area contributed by atoms with Crippen molar-refractivity contribution in [2.45, 2.75) is 20.4 Å². The molecule has 0 bridgehead atoms. The van der Waals surface area contributed by atoms with E-state index < -0.39 is 0 Å². The van der Waals surface area contributed by atoms with Gasteiger partial charge < -0.3 is 14.6 Å². The Labute approximate surface area is 109 Å². The van der Waals surface area contributed by atoms with Crippen LogP contribution >= 0.6 is 0 Å². The fourth-order valence-electron chi connectivity index (χ4n) is 1.77. The van der Waals surface area contributed by atoms with Gasteiger partial charge in [-0.25, -0.2) is 0 Å². The molecule has 0 aliphatic rings. The number of benzene rings is 1. The maximum absolute atomic E-state index is 9.54. The molecular weight excluding hydrogens is 230 g/mol. The van der Waals surface area contributed by atoms with E-state index in [1.807, 2.05) is 19.1 Å². The van der Waals surface area contributed by atoms with Gasteiger partial charge in [-0.1, -0.05) is 13.0 Å². The molecule has 1 rings (SSSR count). The van der Waals surface area contributed by atoms with Gasteiger partial charge in [0.2, 0.25) is 0 Å². The van der Waals surface area contributed by atoms with E-state index in [1.54, 1.807) is 13.2 Å². The Morgan fingerprint density at radius 1 is 1.28 bits per heavy atom. The third-order valence-electron chi connectivity index (χ3n) is 2.85. The minimum Gasteiger partial charge on any atom is -0.504 e. The number of phenols is 1. The van der Waals surface area contributed by atoms with Gasteiger partial charge in [0.25, 0.3) is 0 Å². The summed E-state index contributed by atoms with van der Waals surface area (Å²) in [4.78, 5) is 2.29. The average molecular weight is 253 g/mol. The van der Waals surface area contributed by atoms with Crippen molar-refractivity contribution in [3.63, 3.8) is 0 Å². The highest BCUT2D eigenvalue weighted by Crippen LogP contribution is 2.26. The summed E-state index contributed by atoms with van der Waals surface area (Å²) in [6, 6.07) is 5.46. The van der Waals surface area contributed by atoms with Gasteiger partial charge in [0, 0.05) is 19.7 Å². The predicted octanol–water partition coefficient (Wildman–Crippen LogP) is 2.26. The third kappa shape index (κ3) is 4.55. The van der Waals surface area contributed by atoms with E-state index in [0.29, 0.717) is 5.75 Å². The molecule has 0 amide bonds. The van der Waals surface area contributed by atoms with Crippen molar-refractivity contribution in [1.29, 1.82) is 0 Å². The van der Waals surface area contributed by atoms with Crippen molar-refractivity contribution >= 4 is 0 Å². The molecule has 0 unspecified atom stereocenters. The Bertz CT molecular complexity index is 355. The number of aromatic hydroxyl groups is 1. The molecule has 0 heterocycles. The molecule has 4 heteroatoms. The second-order valence-corrected chi connectivity index (χ2v) is 4.07. The van der Waals surface area contributed by atoms with Gasteiger partial charge >= 0.3 is 0 Å². The molecule has 0 spiro atoms. The SMILES string of the molecule is CCOCCN(CC)Cc1ccc(O)c(OC)c1. The Morgan fingerprint density at radius 2 is 2.06 bits per heavy atom. The lowest BCUT2D eigenvalue weighted by Gasteiger charge is -2.20. The van der Waals surface area contributed by atoms with E-state index in [1.165, 1.54) is 0 Å². The summed E-state index contributed by atoms with van der Waals surface area (Å²) in [6.45, 7) is 8.35. The molecule has 0 saturated carbocycles. The van der Waals surface area contributed by atoms with Crippen molar-refractivity contribution in [1.82, 2.24) is 4.90 Å². The van der Waals surface area contributed by atoms with Crippen molar-refractivity contribution in [3.8, 4) is 11.5 Å². The van der Waals surface area contributed by atoms with Crippen LogP contribution in [0.1, 0.15) is 19.4 Å². The zero-order valence-corrected chi connectivity index (χ0v) is 11.5. The Morgan fingerprint density at radius 3 is 2.67 bits per heavy atom. The van der Waals surface area contributed by atoms with E-state index in [-0.39, 0.29) is 5.75 Å². The Hall–Kier alpha value is -1.26. The third-order valence-corrected chi connectivity index (χ3v) is 2.85. The summed E-state index contributed by atoms with van der Waals surface area (Å²) in [6.07, 6.45) is 0. The van der Waals surface area contributed by atoms with Crippen LogP contribution in [0.15, 0.2) is 18.2 Å². The molecule has 0 saturated heterocycles. The number of methoxy groups -OCH3 is 1. The molecular formula is C14H23NO3. The molecule has 102 valence electrons. The maximum atomic E-state index is 9.54. The molecule has 0 aliphatic carbocycles. The number of nitrogens with zero attached hydrogens (tertiary/aromatic N) is 1. The van der Waals surface area contributed by atoms with Gasteiger partial charge in [-0.05, 0) is 31.2 Å². The van der Waals surface area contributed by atoms with Crippen molar-refractivity contribution in [3.05, 3.63) is 23.8 Å². The Balaban J connectivity index is 2.58. The number of phenolic OH excluding ortho intramolecular Hbond substituents is 1. The molecule has 0 atom stereocenters. The Kier molecular flexibility index (Phi) is 6.54. The number of likely N-dealkylation sites (N-methyl/N-ethyl adjacent to an activating group) is 1. The van der Waals surface area contributed by atoms with Gasteiger partial charge in [-0.3, -0.25) is 4.90 Å². The first-order chi connectivity index (χ1) is 8.71. The van der Waals surface area contributed by atoms with Crippen molar-refractivity contribution in [2.24, 2.45) is 0 Å². The smallest absolute Gasteiger partial charge is 0.160 e. The van der Waals surface area contributed by atoms with Gasteiger partial charge in [0.15, 0.2) is 11.5 Å². The summed E-state index contributed by atoms with van der Waals surface area (Å²) in [5.74, 6) is 0.701. The van der Waals surface area contributed by atoms with Crippen LogP contribution in [0.2, 0.25) is 0 Å². The molecule has 1 N–H and O–H groups in total. The summed E-state index contributed by atoms with van der Waals surface area (Å²) in [5.41, 5.74) is 1.13. The van der Waals surface area contributed by atoms with E-state index in [2.05, 4.69) is 11.8 Å². The maximum Gasteiger partial charge on any atom is 0.160 e. The lowest BCUT2D eigenvalue weighted by molar-refractivity contribution is 0.113. The highest BCUT2D eigenvalue weighted by Gasteiger charge is 2.07. The molecule has 0 fully saturated rings. The summed E-state index contributed by atoms with van der Waals surface area (Å²) in [7, 11) is 1.56. The summed E-state index contributed by atoms with van der Waals surface area (Å²) in [5, 5.41) is 9.54. The van der Waals surface area contributed by atoms with Gasteiger partial charge in [0.1, 0.15) is 0 Å². The number of rotatable bonds is 8. The monoisotopic (exact) mass is 253 g/mol. The number of ether oxygens (including phenoxy) is 2.